The lowest BCUT2D eigenvalue weighted by Gasteiger charge is -2.05. The van der Waals surface area contributed by atoms with E-state index in [4.69, 9.17) is 4.74 Å². The molecule has 0 atom stereocenters. The first-order chi connectivity index (χ1) is 9.81. The average Bonchev–Trinajstić information content (AvgIpc) is 2.93. The first kappa shape index (κ1) is 14.2. The summed E-state index contributed by atoms with van der Waals surface area (Å²) in [6.07, 6.45) is 5.67. The molecule has 0 aromatic carbocycles. The van der Waals surface area contributed by atoms with Crippen molar-refractivity contribution in [3.05, 3.63) is 36.3 Å². The molecule has 2 heterocycles. The van der Waals surface area contributed by atoms with Gasteiger partial charge in [-0.25, -0.2) is 0 Å². The lowest BCUT2D eigenvalue weighted by Crippen LogP contribution is -2.19. The van der Waals surface area contributed by atoms with Gasteiger partial charge in [-0.3, -0.25) is 14.9 Å². The van der Waals surface area contributed by atoms with Crippen LogP contribution in [0, 0.1) is 0 Å². The van der Waals surface area contributed by atoms with Crippen LogP contribution in [0.5, 0.6) is 0 Å². The molecule has 0 aliphatic carbocycles. The van der Waals surface area contributed by atoms with Crippen molar-refractivity contribution >= 4 is 5.97 Å². The topological polar surface area (TPSA) is 79.9 Å². The second kappa shape index (κ2) is 7.40. The Kier molecular flexibility index (Phi) is 5.25. The van der Waals surface area contributed by atoms with Gasteiger partial charge in [-0.2, -0.15) is 5.10 Å². The van der Waals surface area contributed by atoms with Gasteiger partial charge in [0.15, 0.2) is 0 Å². The number of aromatic nitrogens is 3. The fourth-order valence-electron chi connectivity index (χ4n) is 1.85. The number of carbonyl (C=O) groups excluding carboxylic acids is 1. The predicted molar refractivity (Wildman–Crippen MR) is 74.8 cm³/mol. The number of pyridine rings is 1. The van der Waals surface area contributed by atoms with Crippen molar-refractivity contribution in [2.75, 3.05) is 13.2 Å². The Bertz CT molecular complexity index is 539. The minimum absolute atomic E-state index is 0.181. The van der Waals surface area contributed by atoms with Gasteiger partial charge in [-0.1, -0.05) is 0 Å². The van der Waals surface area contributed by atoms with E-state index < -0.39 is 0 Å². The molecule has 2 rings (SSSR count). The maximum Gasteiger partial charge on any atom is 0.307 e. The van der Waals surface area contributed by atoms with E-state index in [1.807, 2.05) is 12.1 Å². The highest BCUT2D eigenvalue weighted by Gasteiger charge is 2.07. The van der Waals surface area contributed by atoms with Crippen LogP contribution in [0.1, 0.15) is 18.9 Å². The molecule has 0 aliphatic rings. The highest BCUT2D eigenvalue weighted by atomic mass is 16.5. The molecular weight excluding hydrogens is 256 g/mol. The normalized spacial score (nSPS) is 10.4. The third kappa shape index (κ3) is 3.89. The fraction of sp³-hybridized carbons (Fsp3) is 0.357. The minimum Gasteiger partial charge on any atom is -0.466 e. The number of H-pyrrole nitrogens is 1. The van der Waals surface area contributed by atoms with Crippen molar-refractivity contribution in [3.8, 4) is 11.3 Å². The van der Waals surface area contributed by atoms with Crippen molar-refractivity contribution in [2.45, 2.75) is 19.9 Å². The Balaban J connectivity index is 1.86. The van der Waals surface area contributed by atoms with Crippen LogP contribution in [0.3, 0.4) is 0 Å². The second-order valence-corrected chi connectivity index (χ2v) is 4.24. The molecule has 6 heteroatoms. The molecule has 0 amide bonds. The summed E-state index contributed by atoms with van der Waals surface area (Å²) < 4.78 is 4.87. The molecule has 106 valence electrons. The van der Waals surface area contributed by atoms with Crippen molar-refractivity contribution in [2.24, 2.45) is 0 Å². The molecular formula is C14H18N4O2. The predicted octanol–water partition coefficient (Wildman–Crippen LogP) is 1.51. The number of hydrogen-bond acceptors (Lipinski definition) is 5. The SMILES string of the molecule is CCOC(=O)CCNCc1cn[nH]c1-c1cccnc1. The summed E-state index contributed by atoms with van der Waals surface area (Å²) in [6, 6.07) is 3.86. The Morgan fingerprint density at radius 1 is 1.45 bits per heavy atom. The summed E-state index contributed by atoms with van der Waals surface area (Å²) in [5, 5.41) is 10.2. The lowest BCUT2D eigenvalue weighted by atomic mass is 10.1. The maximum atomic E-state index is 11.2. The fourth-order valence-corrected chi connectivity index (χ4v) is 1.85. The largest absolute Gasteiger partial charge is 0.466 e. The zero-order valence-corrected chi connectivity index (χ0v) is 11.4. The Morgan fingerprint density at radius 2 is 2.35 bits per heavy atom. The van der Waals surface area contributed by atoms with Gasteiger partial charge in [0.1, 0.15) is 0 Å². The van der Waals surface area contributed by atoms with Gasteiger partial charge < -0.3 is 10.1 Å². The van der Waals surface area contributed by atoms with Crippen LogP contribution >= 0.6 is 0 Å². The van der Waals surface area contributed by atoms with Crippen molar-refractivity contribution < 1.29 is 9.53 Å². The van der Waals surface area contributed by atoms with Crippen molar-refractivity contribution in [1.29, 1.82) is 0 Å². The molecule has 2 N–H and O–H groups in total. The summed E-state index contributed by atoms with van der Waals surface area (Å²) in [5.74, 6) is -0.181. The Hall–Kier alpha value is -2.21. The van der Waals surface area contributed by atoms with E-state index in [0.717, 1.165) is 16.8 Å². The van der Waals surface area contributed by atoms with E-state index in [0.29, 0.717) is 26.1 Å². The van der Waals surface area contributed by atoms with E-state index >= 15 is 0 Å². The monoisotopic (exact) mass is 274 g/mol. The molecule has 0 saturated carbocycles. The number of hydrogen-bond donors (Lipinski definition) is 2. The average molecular weight is 274 g/mol. The molecule has 0 fully saturated rings. The summed E-state index contributed by atoms with van der Waals surface area (Å²) in [6.45, 7) is 3.44. The summed E-state index contributed by atoms with van der Waals surface area (Å²) in [4.78, 5) is 15.3. The number of nitrogens with zero attached hydrogens (tertiary/aromatic N) is 2. The van der Waals surface area contributed by atoms with Crippen LogP contribution in [0.25, 0.3) is 11.3 Å². The highest BCUT2D eigenvalue weighted by molar-refractivity contribution is 5.69. The summed E-state index contributed by atoms with van der Waals surface area (Å²) >= 11 is 0. The third-order valence-corrected chi connectivity index (χ3v) is 2.79. The van der Waals surface area contributed by atoms with E-state index in [1.54, 1.807) is 25.5 Å². The van der Waals surface area contributed by atoms with Crippen LogP contribution in [-0.4, -0.2) is 34.3 Å². The minimum atomic E-state index is -0.181. The second-order valence-electron chi connectivity index (χ2n) is 4.24. The number of rotatable bonds is 7. The first-order valence-corrected chi connectivity index (χ1v) is 6.60. The van der Waals surface area contributed by atoms with E-state index in [2.05, 4.69) is 20.5 Å². The number of aromatic amines is 1. The number of esters is 1. The standard InChI is InChI=1S/C14H18N4O2/c1-2-20-13(19)5-7-16-9-12-10-17-18-14(12)11-4-3-6-15-8-11/h3-4,6,8,10,16H,2,5,7,9H2,1H3,(H,17,18). The molecule has 2 aromatic heterocycles. The van der Waals surface area contributed by atoms with Crippen LogP contribution in [0.2, 0.25) is 0 Å². The van der Waals surface area contributed by atoms with Crippen LogP contribution in [0.15, 0.2) is 30.7 Å². The summed E-state index contributed by atoms with van der Waals surface area (Å²) in [7, 11) is 0. The van der Waals surface area contributed by atoms with E-state index in [9.17, 15) is 4.79 Å². The molecule has 0 bridgehead atoms. The van der Waals surface area contributed by atoms with E-state index in [1.165, 1.54) is 0 Å². The molecule has 20 heavy (non-hydrogen) atoms. The van der Waals surface area contributed by atoms with Crippen LogP contribution < -0.4 is 5.32 Å². The maximum absolute atomic E-state index is 11.2. The number of nitrogens with one attached hydrogen (secondary N) is 2. The van der Waals surface area contributed by atoms with Crippen molar-refractivity contribution in [1.82, 2.24) is 20.5 Å². The van der Waals surface area contributed by atoms with E-state index in [-0.39, 0.29) is 5.97 Å². The molecule has 0 radical (unpaired) electrons. The molecule has 0 aliphatic heterocycles. The molecule has 6 nitrogen and oxygen atoms in total. The van der Waals surface area contributed by atoms with Gasteiger partial charge in [0.05, 0.1) is 24.9 Å². The quantitative estimate of drug-likeness (QED) is 0.591. The molecule has 2 aromatic rings. The van der Waals surface area contributed by atoms with Gasteiger partial charge in [0.2, 0.25) is 0 Å². The molecule has 0 saturated heterocycles. The van der Waals surface area contributed by atoms with Crippen molar-refractivity contribution in [3.63, 3.8) is 0 Å². The zero-order chi connectivity index (χ0) is 14.2. The lowest BCUT2D eigenvalue weighted by molar-refractivity contribution is -0.142. The Morgan fingerprint density at radius 3 is 3.10 bits per heavy atom. The van der Waals surface area contributed by atoms with Gasteiger partial charge in [-0.15, -0.1) is 0 Å². The third-order valence-electron chi connectivity index (χ3n) is 2.79. The molecule has 0 unspecified atom stereocenters. The Labute approximate surface area is 117 Å². The van der Waals surface area contributed by atoms with Gasteiger partial charge in [0.25, 0.3) is 0 Å². The zero-order valence-electron chi connectivity index (χ0n) is 11.4. The number of carbonyl (C=O) groups is 1. The van der Waals surface area contributed by atoms with Crippen LogP contribution in [0.4, 0.5) is 0 Å². The van der Waals surface area contributed by atoms with Crippen LogP contribution in [-0.2, 0) is 16.1 Å². The number of ether oxygens (including phenoxy) is 1. The van der Waals surface area contributed by atoms with Gasteiger partial charge in [-0.05, 0) is 19.1 Å². The molecule has 0 spiro atoms. The summed E-state index contributed by atoms with van der Waals surface area (Å²) in [5.41, 5.74) is 2.98. The highest BCUT2D eigenvalue weighted by Crippen LogP contribution is 2.19. The van der Waals surface area contributed by atoms with Gasteiger partial charge in [0, 0.05) is 36.6 Å². The first-order valence-electron chi connectivity index (χ1n) is 6.60. The van der Waals surface area contributed by atoms with Gasteiger partial charge >= 0.3 is 5.97 Å². The smallest absolute Gasteiger partial charge is 0.307 e.